The average molecular weight is 274 g/mol. The number of hydrogen-bond acceptors (Lipinski definition) is 3. The van der Waals surface area contributed by atoms with E-state index in [0.29, 0.717) is 13.0 Å². The first-order valence-corrected chi connectivity index (χ1v) is 7.21. The van der Waals surface area contributed by atoms with Crippen LogP contribution in [0.3, 0.4) is 0 Å². The number of rotatable bonds is 5. The maximum Gasteiger partial charge on any atom is 0.236 e. The Balaban J connectivity index is 1.75. The summed E-state index contributed by atoms with van der Waals surface area (Å²) in [7, 11) is 1.85. The Morgan fingerprint density at radius 1 is 1.20 bits per heavy atom. The molecule has 0 radical (unpaired) electrons. The first-order chi connectivity index (χ1) is 9.66. The topological polar surface area (TPSA) is 40.6 Å². The number of amides is 1. The van der Waals surface area contributed by atoms with E-state index in [1.165, 1.54) is 0 Å². The van der Waals surface area contributed by atoms with E-state index in [4.69, 9.17) is 0 Å². The van der Waals surface area contributed by atoms with E-state index < -0.39 is 0 Å². The monoisotopic (exact) mass is 274 g/mol. The summed E-state index contributed by atoms with van der Waals surface area (Å²) in [5.74, 6) is 0.362. The van der Waals surface area contributed by atoms with Gasteiger partial charge in [0.25, 0.3) is 0 Å². The van der Waals surface area contributed by atoms with Crippen molar-refractivity contribution in [2.45, 2.75) is 19.3 Å². The van der Waals surface area contributed by atoms with E-state index in [9.17, 15) is 9.59 Å². The van der Waals surface area contributed by atoms with Gasteiger partial charge in [0.2, 0.25) is 5.91 Å². The molecule has 0 aromatic heterocycles. The lowest BCUT2D eigenvalue weighted by atomic mass is 10.1. The van der Waals surface area contributed by atoms with Gasteiger partial charge in [-0.3, -0.25) is 14.5 Å². The summed E-state index contributed by atoms with van der Waals surface area (Å²) in [6, 6.07) is 9.39. The van der Waals surface area contributed by atoms with Gasteiger partial charge in [-0.2, -0.15) is 0 Å². The van der Waals surface area contributed by atoms with Gasteiger partial charge in [0.1, 0.15) is 0 Å². The molecular weight excluding hydrogens is 252 g/mol. The van der Waals surface area contributed by atoms with Crippen molar-refractivity contribution in [3.8, 4) is 0 Å². The Kier molecular flexibility index (Phi) is 5.30. The average Bonchev–Trinajstić information content (AvgIpc) is 2.62. The number of hydrogen-bond donors (Lipinski definition) is 0. The molecule has 2 rings (SSSR count). The van der Waals surface area contributed by atoms with Crippen LogP contribution in [0.25, 0.3) is 0 Å². The molecule has 1 aromatic rings. The second-order valence-electron chi connectivity index (χ2n) is 5.34. The van der Waals surface area contributed by atoms with Crippen molar-refractivity contribution >= 4 is 11.7 Å². The molecule has 108 valence electrons. The first kappa shape index (κ1) is 14.7. The first-order valence-electron chi connectivity index (χ1n) is 7.21. The van der Waals surface area contributed by atoms with Crippen LogP contribution in [0.5, 0.6) is 0 Å². The van der Waals surface area contributed by atoms with Crippen LogP contribution in [0.4, 0.5) is 0 Å². The van der Waals surface area contributed by atoms with Crippen molar-refractivity contribution in [3.05, 3.63) is 35.9 Å². The fourth-order valence-corrected chi connectivity index (χ4v) is 2.47. The van der Waals surface area contributed by atoms with Crippen LogP contribution in [-0.4, -0.2) is 54.7 Å². The van der Waals surface area contributed by atoms with E-state index in [1.807, 2.05) is 37.4 Å². The van der Waals surface area contributed by atoms with Gasteiger partial charge in [-0.05, 0) is 19.4 Å². The molecule has 4 nitrogen and oxygen atoms in total. The molecule has 0 unspecified atom stereocenters. The smallest absolute Gasteiger partial charge is 0.236 e. The molecule has 0 saturated carbocycles. The van der Waals surface area contributed by atoms with Gasteiger partial charge in [-0.15, -0.1) is 0 Å². The largest absolute Gasteiger partial charge is 0.345 e. The molecular formula is C16H22N2O2. The van der Waals surface area contributed by atoms with E-state index in [1.54, 1.807) is 4.90 Å². The van der Waals surface area contributed by atoms with Gasteiger partial charge in [0.15, 0.2) is 5.78 Å². The lowest BCUT2D eigenvalue weighted by molar-refractivity contribution is -0.129. The molecule has 1 saturated heterocycles. The molecule has 0 N–H and O–H groups in total. The third-order valence-corrected chi connectivity index (χ3v) is 3.73. The van der Waals surface area contributed by atoms with Crippen molar-refractivity contribution in [2.24, 2.45) is 0 Å². The quantitative estimate of drug-likeness (QED) is 0.769. The molecule has 0 aliphatic carbocycles. The molecule has 1 aromatic carbocycles. The molecule has 0 bridgehead atoms. The third kappa shape index (κ3) is 4.17. The third-order valence-electron chi connectivity index (χ3n) is 3.73. The lowest BCUT2D eigenvalue weighted by Gasteiger charge is -2.18. The summed E-state index contributed by atoms with van der Waals surface area (Å²) in [5, 5.41) is 0. The lowest BCUT2D eigenvalue weighted by Crippen LogP contribution is -2.34. The van der Waals surface area contributed by atoms with Crippen molar-refractivity contribution in [3.63, 3.8) is 0 Å². The second-order valence-corrected chi connectivity index (χ2v) is 5.34. The maximum atomic E-state index is 12.0. The van der Waals surface area contributed by atoms with Crippen LogP contribution in [0.1, 0.15) is 29.6 Å². The Morgan fingerprint density at radius 3 is 2.70 bits per heavy atom. The summed E-state index contributed by atoms with van der Waals surface area (Å²) in [4.78, 5) is 27.7. The summed E-state index contributed by atoms with van der Waals surface area (Å²) >= 11 is 0. The number of Topliss-reactive ketones (excluding diaryl/α,β-unsaturated/α-hetero) is 1. The minimum atomic E-state index is 0.178. The number of carbonyl (C=O) groups excluding carboxylic acids is 2. The Bertz CT molecular complexity index is 459. The minimum absolute atomic E-state index is 0.178. The number of benzene rings is 1. The summed E-state index contributed by atoms with van der Waals surface area (Å²) in [6.45, 7) is 3.07. The predicted octanol–water partition coefficient (Wildman–Crippen LogP) is 1.81. The molecule has 0 atom stereocenters. The van der Waals surface area contributed by atoms with Crippen LogP contribution in [0, 0.1) is 0 Å². The highest BCUT2D eigenvalue weighted by atomic mass is 16.2. The van der Waals surface area contributed by atoms with Gasteiger partial charge in [0.05, 0.1) is 6.54 Å². The van der Waals surface area contributed by atoms with Gasteiger partial charge >= 0.3 is 0 Å². The molecule has 0 spiro atoms. The molecule has 1 fully saturated rings. The van der Waals surface area contributed by atoms with Crippen molar-refractivity contribution in [1.82, 2.24) is 9.80 Å². The number of nitrogens with zero attached hydrogens (tertiary/aromatic N) is 2. The fourth-order valence-electron chi connectivity index (χ4n) is 2.47. The molecule has 1 aliphatic rings. The normalized spacial score (nSPS) is 17.1. The van der Waals surface area contributed by atoms with E-state index in [2.05, 4.69) is 4.90 Å². The minimum Gasteiger partial charge on any atom is -0.345 e. The van der Waals surface area contributed by atoms with Gasteiger partial charge in [0, 0.05) is 32.1 Å². The second kappa shape index (κ2) is 7.20. The number of likely N-dealkylation sites (N-methyl/N-ethyl adjacent to an activating group) is 1. The zero-order valence-electron chi connectivity index (χ0n) is 12.0. The zero-order chi connectivity index (χ0) is 14.4. The van der Waals surface area contributed by atoms with Crippen molar-refractivity contribution < 1.29 is 9.59 Å². The number of ketones is 1. The molecule has 1 heterocycles. The van der Waals surface area contributed by atoms with Gasteiger partial charge in [-0.1, -0.05) is 30.3 Å². The van der Waals surface area contributed by atoms with Crippen LogP contribution in [0.2, 0.25) is 0 Å². The highest BCUT2D eigenvalue weighted by molar-refractivity contribution is 5.95. The zero-order valence-corrected chi connectivity index (χ0v) is 12.0. The summed E-state index contributed by atoms with van der Waals surface area (Å²) in [5.41, 5.74) is 0.777. The molecule has 1 aliphatic heterocycles. The SMILES string of the molecule is CN1CCCN(CCCC(=O)c2ccccc2)CC1=O. The maximum absolute atomic E-state index is 12.0. The Hall–Kier alpha value is -1.68. The molecule has 1 amide bonds. The van der Waals surface area contributed by atoms with Crippen LogP contribution in [0.15, 0.2) is 30.3 Å². The van der Waals surface area contributed by atoms with Crippen LogP contribution in [-0.2, 0) is 4.79 Å². The van der Waals surface area contributed by atoms with Gasteiger partial charge in [-0.25, -0.2) is 0 Å². The standard InChI is InChI=1S/C16H22N2O2/c1-17-10-6-12-18(13-16(17)20)11-5-9-15(19)14-7-3-2-4-8-14/h2-4,7-8H,5-6,9-13H2,1H3. The highest BCUT2D eigenvalue weighted by Gasteiger charge is 2.18. The number of carbonyl (C=O) groups is 2. The van der Waals surface area contributed by atoms with Crippen molar-refractivity contribution in [1.29, 1.82) is 0 Å². The predicted molar refractivity (Wildman–Crippen MR) is 78.7 cm³/mol. The molecule has 4 heteroatoms. The Labute approximate surface area is 120 Å². The summed E-state index contributed by atoms with van der Waals surface area (Å²) < 4.78 is 0. The van der Waals surface area contributed by atoms with Crippen LogP contribution < -0.4 is 0 Å². The van der Waals surface area contributed by atoms with E-state index in [-0.39, 0.29) is 11.7 Å². The fraction of sp³-hybridized carbons (Fsp3) is 0.500. The van der Waals surface area contributed by atoms with Gasteiger partial charge < -0.3 is 4.90 Å². The van der Waals surface area contributed by atoms with Crippen molar-refractivity contribution in [2.75, 3.05) is 33.2 Å². The highest BCUT2D eigenvalue weighted by Crippen LogP contribution is 2.08. The molecule has 20 heavy (non-hydrogen) atoms. The van der Waals surface area contributed by atoms with E-state index in [0.717, 1.165) is 38.0 Å². The summed E-state index contributed by atoms with van der Waals surface area (Å²) in [6.07, 6.45) is 2.37. The Morgan fingerprint density at radius 2 is 1.95 bits per heavy atom. The van der Waals surface area contributed by atoms with E-state index >= 15 is 0 Å². The van der Waals surface area contributed by atoms with Crippen LogP contribution >= 0.6 is 0 Å².